The molecular formula is C47H34O9P2. The predicted molar refractivity (Wildman–Crippen MR) is 229 cm³/mol. The molecule has 2 bridgehead atoms. The van der Waals surface area contributed by atoms with Crippen molar-refractivity contribution in [1.29, 1.82) is 0 Å². The lowest BCUT2D eigenvalue weighted by Gasteiger charge is -2.37. The van der Waals surface area contributed by atoms with Gasteiger partial charge in [-0.05, 0) is 67.4 Å². The highest BCUT2D eigenvalue weighted by Crippen LogP contribution is 2.46. The Bertz CT molecular complexity index is 3150. The molecule has 286 valence electrons. The van der Waals surface area contributed by atoms with E-state index in [1.807, 2.05) is 72.8 Å². The summed E-state index contributed by atoms with van der Waals surface area (Å²) >= 11 is 0. The van der Waals surface area contributed by atoms with Crippen molar-refractivity contribution in [3.8, 4) is 0 Å². The van der Waals surface area contributed by atoms with E-state index in [2.05, 4.69) is 72.8 Å². The molecule has 2 aliphatic heterocycles. The van der Waals surface area contributed by atoms with Crippen LogP contribution in [0.4, 0.5) is 0 Å². The van der Waals surface area contributed by atoms with Crippen LogP contribution < -0.4 is 9.05 Å². The fourth-order valence-corrected chi connectivity index (χ4v) is 11.2. The minimum absolute atomic E-state index is 0.268. The lowest BCUT2D eigenvalue weighted by atomic mass is 9.99. The normalized spacial score (nSPS) is 20.7. The summed E-state index contributed by atoms with van der Waals surface area (Å²) in [7, 11) is -2.45. The summed E-state index contributed by atoms with van der Waals surface area (Å²) in [6.45, 7) is 0.268. The summed E-state index contributed by atoms with van der Waals surface area (Å²) in [5, 5.41) is 12.5. The van der Waals surface area contributed by atoms with Crippen LogP contribution >= 0.6 is 16.5 Å². The maximum absolute atomic E-state index is 6.84. The van der Waals surface area contributed by atoms with Crippen molar-refractivity contribution >= 4 is 103 Å². The quantitative estimate of drug-likeness (QED) is 0.168. The van der Waals surface area contributed by atoms with Crippen LogP contribution in [0.1, 0.15) is 0 Å². The molecule has 0 spiro atoms. The number of rotatable bonds is 5. The van der Waals surface area contributed by atoms with Gasteiger partial charge < -0.3 is 31.0 Å². The molecule has 10 aromatic rings. The molecule has 2 fully saturated rings. The smallest absolute Gasteiger partial charge is 0.387 e. The van der Waals surface area contributed by atoms with Gasteiger partial charge in [0.05, 0.1) is 6.61 Å². The molecule has 11 heteroatoms. The van der Waals surface area contributed by atoms with Crippen LogP contribution in [0.3, 0.4) is 0 Å². The highest BCUT2D eigenvalue weighted by molar-refractivity contribution is 7.32. The average Bonchev–Trinajstić information content (AvgIpc) is 3.38. The van der Waals surface area contributed by atoms with Crippen molar-refractivity contribution in [3.05, 3.63) is 146 Å². The molecule has 4 heterocycles. The van der Waals surface area contributed by atoms with E-state index in [9.17, 15) is 0 Å². The van der Waals surface area contributed by atoms with Gasteiger partial charge in [-0.1, -0.05) is 121 Å². The van der Waals surface area contributed by atoms with Crippen molar-refractivity contribution in [2.75, 3.05) is 13.7 Å². The van der Waals surface area contributed by atoms with Gasteiger partial charge in [0, 0.05) is 28.7 Å². The highest BCUT2D eigenvalue weighted by Gasteiger charge is 2.55. The van der Waals surface area contributed by atoms with Gasteiger partial charge in [-0.2, -0.15) is 0 Å². The van der Waals surface area contributed by atoms with Crippen LogP contribution in [-0.2, 0) is 14.2 Å². The Hall–Kier alpha value is -5.60. The minimum Gasteiger partial charge on any atom is -0.399 e. The van der Waals surface area contributed by atoms with Crippen LogP contribution in [0.25, 0.3) is 87.0 Å². The zero-order valence-corrected chi connectivity index (χ0v) is 32.8. The molecule has 58 heavy (non-hydrogen) atoms. The highest BCUT2D eigenvalue weighted by atomic mass is 31.1. The fourth-order valence-electron chi connectivity index (χ4n) is 8.82. The van der Waals surface area contributed by atoms with E-state index in [1.54, 1.807) is 7.11 Å². The summed E-state index contributed by atoms with van der Waals surface area (Å²) in [5.41, 5.74) is 2.66. The molecule has 5 atom stereocenters. The second-order valence-corrected chi connectivity index (χ2v) is 16.7. The Balaban J connectivity index is 0.990. The van der Waals surface area contributed by atoms with Crippen LogP contribution in [-0.4, -0.2) is 44.4 Å². The van der Waals surface area contributed by atoms with Crippen LogP contribution in [0.15, 0.2) is 162 Å². The number of methoxy groups -OCH3 is 1. The van der Waals surface area contributed by atoms with Gasteiger partial charge in [-0.15, -0.1) is 0 Å². The molecule has 0 unspecified atom stereocenters. The topological polar surface area (TPSA) is 98.7 Å². The minimum atomic E-state index is -2.05. The molecule has 2 saturated heterocycles. The van der Waals surface area contributed by atoms with Gasteiger partial charge in [-0.3, -0.25) is 9.05 Å². The summed E-state index contributed by atoms with van der Waals surface area (Å²) in [4.78, 5) is 0. The Kier molecular flexibility index (Phi) is 8.17. The predicted octanol–water partition coefficient (Wildman–Crippen LogP) is 12.6. The fraction of sp³-hybridized carbons (Fsp3) is 0.149. The molecule has 12 rings (SSSR count). The largest absolute Gasteiger partial charge is 0.399 e. The first-order chi connectivity index (χ1) is 28.7. The van der Waals surface area contributed by atoms with E-state index in [4.69, 9.17) is 40.0 Å². The summed E-state index contributed by atoms with van der Waals surface area (Å²) in [5.74, 6) is 0. The molecule has 2 aliphatic rings. The molecule has 0 N–H and O–H groups in total. The molecular weight excluding hydrogens is 770 g/mol. The Morgan fingerprint density at radius 1 is 0.448 bits per heavy atom. The van der Waals surface area contributed by atoms with Crippen LogP contribution in [0, 0.1) is 0 Å². The lowest BCUT2D eigenvalue weighted by Crippen LogP contribution is -2.57. The van der Waals surface area contributed by atoms with Crippen LogP contribution in [0.5, 0.6) is 0 Å². The average molecular weight is 805 g/mol. The Morgan fingerprint density at radius 2 is 0.810 bits per heavy atom. The zero-order valence-electron chi connectivity index (χ0n) is 31.0. The van der Waals surface area contributed by atoms with E-state index in [0.717, 1.165) is 64.6 Å². The van der Waals surface area contributed by atoms with E-state index in [0.29, 0.717) is 22.3 Å². The summed E-state index contributed by atoms with van der Waals surface area (Å²) in [6, 6.07) is 49.5. The van der Waals surface area contributed by atoms with E-state index < -0.39 is 47.2 Å². The third-order valence-corrected chi connectivity index (χ3v) is 13.7. The third kappa shape index (κ3) is 5.51. The zero-order chi connectivity index (χ0) is 38.3. The molecule has 0 saturated carbocycles. The maximum atomic E-state index is 6.84. The van der Waals surface area contributed by atoms with Crippen molar-refractivity contribution in [1.82, 2.24) is 0 Å². The number of benzene rings is 8. The van der Waals surface area contributed by atoms with Crippen molar-refractivity contribution < 1.29 is 40.0 Å². The Labute approximate surface area is 332 Å². The van der Waals surface area contributed by atoms with E-state index in [-0.39, 0.29) is 6.61 Å². The lowest BCUT2D eigenvalue weighted by molar-refractivity contribution is -0.232. The maximum Gasteiger partial charge on any atom is 0.387 e. The van der Waals surface area contributed by atoms with E-state index in [1.165, 1.54) is 0 Å². The van der Waals surface area contributed by atoms with Crippen LogP contribution in [0.2, 0.25) is 0 Å². The first-order valence-electron chi connectivity index (χ1n) is 19.2. The summed E-state index contributed by atoms with van der Waals surface area (Å²) < 4.78 is 59.4. The van der Waals surface area contributed by atoms with Gasteiger partial charge in [0.1, 0.15) is 40.6 Å². The SMILES string of the molecule is CO[C@@H]1O[C@H]2CO[C@H]([C@@H]1Op1oc3ccc4ccccc4c3c3c(ccc4ccccc43)o1)[C@H]2Op1oc2ccc3ccccc3c2c2c(ccc3ccccc32)o1. The third-order valence-electron chi connectivity index (χ3n) is 11.4. The van der Waals surface area contributed by atoms with Crippen molar-refractivity contribution in [2.45, 2.75) is 30.7 Å². The monoisotopic (exact) mass is 804 g/mol. The molecule has 0 aliphatic carbocycles. The van der Waals surface area contributed by atoms with E-state index >= 15 is 0 Å². The molecule has 9 nitrogen and oxygen atoms in total. The van der Waals surface area contributed by atoms with Gasteiger partial charge in [0.25, 0.3) is 0 Å². The second-order valence-electron chi connectivity index (χ2n) is 14.7. The first kappa shape index (κ1) is 34.4. The molecule has 0 radical (unpaired) electrons. The summed E-state index contributed by atoms with van der Waals surface area (Å²) in [6.07, 6.45) is -3.30. The Morgan fingerprint density at radius 3 is 1.19 bits per heavy atom. The van der Waals surface area contributed by atoms with Gasteiger partial charge >= 0.3 is 16.5 Å². The first-order valence-corrected chi connectivity index (χ1v) is 21.4. The number of ether oxygens (including phenoxy) is 3. The van der Waals surface area contributed by atoms with Gasteiger partial charge in [-0.25, -0.2) is 0 Å². The molecule has 0 amide bonds. The van der Waals surface area contributed by atoms with Gasteiger partial charge in [0.2, 0.25) is 0 Å². The molecule has 8 aromatic carbocycles. The van der Waals surface area contributed by atoms with Gasteiger partial charge in [0.15, 0.2) is 12.4 Å². The number of hydrogen-bond donors (Lipinski definition) is 0. The number of hydrogen-bond acceptors (Lipinski definition) is 9. The second kappa shape index (κ2) is 13.8. The number of fused-ring (bicyclic) bond motifs is 16. The molecule has 2 aromatic heterocycles. The van der Waals surface area contributed by atoms with Crippen molar-refractivity contribution in [2.24, 2.45) is 0 Å². The van der Waals surface area contributed by atoms with Crippen molar-refractivity contribution in [3.63, 3.8) is 0 Å². The standard InChI is InChI=1S/C47H34O9P2/c1-48-47-46(56-58-53-37-24-20-29-12-4-8-16-33(29)42(37)43-34-17-9-5-13-30(34)21-25-38(43)54-58)45-44(39(50-47)26-49-45)55-57-51-35-22-18-27-10-2-6-14-31(27)40(35)41-32-15-7-3-11-28(32)19-23-36(41)52-57/h2-25,39,44-47H,26H2,1H3/t39-,44-,45-,46-,47+/m0/s1.